The number of Topliss-reactive ketones (excluding diaryl/α,β-unsaturated/α-hetero) is 2. The normalized spacial score (nSPS) is 22.6. The van der Waals surface area contributed by atoms with Crippen LogP contribution in [0.3, 0.4) is 0 Å². The average Bonchev–Trinajstić information content (AvgIpc) is 2.92. The first kappa shape index (κ1) is 17.6. The summed E-state index contributed by atoms with van der Waals surface area (Å²) in [6, 6.07) is 15.6. The van der Waals surface area contributed by atoms with Crippen molar-refractivity contribution in [1.29, 1.82) is 0 Å². The van der Waals surface area contributed by atoms with Crippen LogP contribution in [0, 0.1) is 5.41 Å². The van der Waals surface area contributed by atoms with Crippen LogP contribution in [0.25, 0.3) is 5.70 Å². The number of allylic oxidation sites excluding steroid dienone is 3. The number of carbonyl (C=O) groups excluding carboxylic acids is 2. The van der Waals surface area contributed by atoms with E-state index < -0.39 is 0 Å². The Morgan fingerprint density at radius 3 is 2.36 bits per heavy atom. The fraction of sp³-hybridized carbons (Fsp3) is 0.250. The monoisotopic (exact) mass is 433 g/mol. The van der Waals surface area contributed by atoms with Gasteiger partial charge < -0.3 is 5.32 Å². The van der Waals surface area contributed by atoms with Crippen LogP contribution in [0.1, 0.15) is 54.1 Å². The predicted molar refractivity (Wildman–Crippen MR) is 113 cm³/mol. The molecule has 0 bridgehead atoms. The first-order valence-electron chi connectivity index (χ1n) is 9.53. The van der Waals surface area contributed by atoms with Gasteiger partial charge in [0.2, 0.25) is 0 Å². The molecule has 0 spiro atoms. The molecule has 1 atom stereocenters. The number of hydrogen-bond acceptors (Lipinski definition) is 3. The third kappa shape index (κ3) is 2.47. The molecule has 3 nitrogen and oxygen atoms in total. The zero-order valence-electron chi connectivity index (χ0n) is 15.8. The molecule has 0 saturated heterocycles. The summed E-state index contributed by atoms with van der Waals surface area (Å²) in [5, 5.41) is 3.51. The fourth-order valence-electron chi connectivity index (χ4n) is 4.81. The van der Waals surface area contributed by atoms with Crippen molar-refractivity contribution >= 4 is 33.2 Å². The second-order valence-electron chi connectivity index (χ2n) is 8.58. The van der Waals surface area contributed by atoms with Crippen LogP contribution in [0.15, 0.2) is 69.8 Å². The van der Waals surface area contributed by atoms with E-state index in [9.17, 15) is 9.59 Å². The summed E-state index contributed by atoms with van der Waals surface area (Å²) in [4.78, 5) is 26.6. The fourth-order valence-corrected chi connectivity index (χ4v) is 5.32. The average molecular weight is 434 g/mol. The molecule has 0 fully saturated rings. The standard InChI is InChI=1S/C24H20BrNO2/c1-24(2)11-17-20(18(27)12-24)19(15-9-5-6-10-16(15)25)21-22(26-17)13-7-3-4-8-14(13)23(21)28/h3-10,19,26H,11-12H2,1-2H3/t19-/m0/s1. The molecule has 28 heavy (non-hydrogen) atoms. The summed E-state index contributed by atoms with van der Waals surface area (Å²) in [5.41, 5.74) is 5.80. The summed E-state index contributed by atoms with van der Waals surface area (Å²) in [5.74, 6) is -0.192. The van der Waals surface area contributed by atoms with Gasteiger partial charge in [0.05, 0.1) is 5.70 Å². The van der Waals surface area contributed by atoms with Gasteiger partial charge in [-0.2, -0.15) is 0 Å². The van der Waals surface area contributed by atoms with Crippen LogP contribution in [-0.4, -0.2) is 11.6 Å². The molecule has 4 heteroatoms. The van der Waals surface area contributed by atoms with Gasteiger partial charge in [-0.3, -0.25) is 9.59 Å². The number of ketones is 2. The maximum Gasteiger partial charge on any atom is 0.192 e. The summed E-state index contributed by atoms with van der Waals surface area (Å²) < 4.78 is 0.919. The van der Waals surface area contributed by atoms with Gasteiger partial charge in [0, 0.05) is 44.8 Å². The van der Waals surface area contributed by atoms with Gasteiger partial charge in [0.25, 0.3) is 0 Å². The lowest BCUT2D eigenvalue weighted by atomic mass is 9.68. The molecule has 140 valence electrons. The van der Waals surface area contributed by atoms with E-state index in [-0.39, 0.29) is 22.9 Å². The molecule has 0 saturated carbocycles. The van der Waals surface area contributed by atoms with Crippen LogP contribution in [0.2, 0.25) is 0 Å². The molecular weight excluding hydrogens is 414 g/mol. The van der Waals surface area contributed by atoms with Crippen molar-refractivity contribution in [3.05, 3.63) is 86.5 Å². The second kappa shape index (κ2) is 6.02. The van der Waals surface area contributed by atoms with Crippen LogP contribution >= 0.6 is 15.9 Å². The van der Waals surface area contributed by atoms with E-state index in [0.29, 0.717) is 17.6 Å². The number of hydrogen-bond donors (Lipinski definition) is 1. The minimum absolute atomic E-state index is 0.0167. The molecule has 0 radical (unpaired) electrons. The van der Waals surface area contributed by atoms with E-state index in [0.717, 1.165) is 39.0 Å². The van der Waals surface area contributed by atoms with Gasteiger partial charge >= 0.3 is 0 Å². The van der Waals surface area contributed by atoms with E-state index >= 15 is 0 Å². The quantitative estimate of drug-likeness (QED) is 0.655. The van der Waals surface area contributed by atoms with Gasteiger partial charge in [-0.1, -0.05) is 72.2 Å². The molecule has 2 aromatic rings. The smallest absolute Gasteiger partial charge is 0.192 e. The molecule has 1 heterocycles. The lowest BCUT2D eigenvalue weighted by molar-refractivity contribution is -0.118. The van der Waals surface area contributed by atoms with Crippen LogP contribution in [-0.2, 0) is 4.79 Å². The van der Waals surface area contributed by atoms with Crippen molar-refractivity contribution in [2.24, 2.45) is 5.41 Å². The summed E-state index contributed by atoms with van der Waals surface area (Å²) in [7, 11) is 0. The highest BCUT2D eigenvalue weighted by Crippen LogP contribution is 2.52. The Balaban J connectivity index is 1.78. The highest BCUT2D eigenvalue weighted by atomic mass is 79.9. The molecule has 3 aliphatic rings. The summed E-state index contributed by atoms with van der Waals surface area (Å²) in [6.45, 7) is 4.25. The van der Waals surface area contributed by atoms with Gasteiger partial charge in [-0.15, -0.1) is 0 Å². The van der Waals surface area contributed by atoms with Crippen molar-refractivity contribution in [1.82, 2.24) is 5.32 Å². The molecule has 2 aromatic carbocycles. The van der Waals surface area contributed by atoms with Crippen LogP contribution in [0.5, 0.6) is 0 Å². The van der Waals surface area contributed by atoms with Crippen molar-refractivity contribution in [2.45, 2.75) is 32.6 Å². The minimum Gasteiger partial charge on any atom is -0.358 e. The minimum atomic E-state index is -0.342. The highest BCUT2D eigenvalue weighted by molar-refractivity contribution is 9.10. The van der Waals surface area contributed by atoms with Crippen LogP contribution < -0.4 is 5.32 Å². The number of benzene rings is 2. The topological polar surface area (TPSA) is 46.2 Å². The molecule has 0 amide bonds. The maximum absolute atomic E-state index is 13.4. The largest absolute Gasteiger partial charge is 0.358 e. The van der Waals surface area contributed by atoms with Crippen molar-refractivity contribution in [2.75, 3.05) is 0 Å². The van der Waals surface area contributed by atoms with E-state index in [1.54, 1.807) is 0 Å². The second-order valence-corrected chi connectivity index (χ2v) is 9.43. The number of nitrogens with one attached hydrogen (secondary N) is 1. The number of carbonyl (C=O) groups is 2. The Hall–Kier alpha value is -2.46. The van der Waals surface area contributed by atoms with E-state index in [1.807, 2.05) is 48.5 Å². The van der Waals surface area contributed by atoms with E-state index in [2.05, 4.69) is 35.1 Å². The maximum atomic E-state index is 13.4. The van der Waals surface area contributed by atoms with Crippen molar-refractivity contribution in [3.63, 3.8) is 0 Å². The first-order valence-corrected chi connectivity index (χ1v) is 10.3. The predicted octanol–water partition coefficient (Wildman–Crippen LogP) is 5.39. The van der Waals surface area contributed by atoms with Gasteiger partial charge in [0.15, 0.2) is 11.6 Å². The Morgan fingerprint density at radius 2 is 1.61 bits per heavy atom. The number of dihydropyridines is 1. The summed E-state index contributed by atoms with van der Waals surface area (Å²) in [6.07, 6.45) is 1.29. The molecule has 1 N–H and O–H groups in total. The number of fused-ring (bicyclic) bond motifs is 2. The van der Waals surface area contributed by atoms with E-state index in [1.165, 1.54) is 0 Å². The third-order valence-corrected chi connectivity index (χ3v) is 6.67. The Kier molecular flexibility index (Phi) is 3.79. The van der Waals surface area contributed by atoms with Gasteiger partial charge in [-0.25, -0.2) is 0 Å². The lowest BCUT2D eigenvalue weighted by Crippen LogP contribution is -2.37. The molecule has 0 unspecified atom stereocenters. The zero-order chi connectivity index (χ0) is 19.6. The molecular formula is C24H20BrNO2. The van der Waals surface area contributed by atoms with Crippen LogP contribution in [0.4, 0.5) is 0 Å². The first-order chi connectivity index (χ1) is 13.4. The SMILES string of the molecule is CC1(C)CC(=O)C2=C(C1)NC1=C(C(=O)c3ccccc31)[C@H]2c1ccccc1Br. The molecule has 5 rings (SSSR count). The van der Waals surface area contributed by atoms with E-state index in [4.69, 9.17) is 0 Å². The number of rotatable bonds is 1. The van der Waals surface area contributed by atoms with Crippen molar-refractivity contribution in [3.8, 4) is 0 Å². The van der Waals surface area contributed by atoms with Crippen molar-refractivity contribution < 1.29 is 9.59 Å². The molecule has 2 aliphatic carbocycles. The zero-order valence-corrected chi connectivity index (χ0v) is 17.4. The third-order valence-electron chi connectivity index (χ3n) is 5.94. The Morgan fingerprint density at radius 1 is 0.929 bits per heavy atom. The number of halogens is 1. The Bertz CT molecular complexity index is 1120. The molecule has 0 aromatic heterocycles. The lowest BCUT2D eigenvalue weighted by Gasteiger charge is -2.39. The Labute approximate surface area is 172 Å². The summed E-state index contributed by atoms with van der Waals surface area (Å²) >= 11 is 3.65. The highest BCUT2D eigenvalue weighted by Gasteiger charge is 2.46. The molecule has 1 aliphatic heterocycles. The van der Waals surface area contributed by atoms with Gasteiger partial charge in [0.1, 0.15) is 0 Å². The van der Waals surface area contributed by atoms with Gasteiger partial charge in [-0.05, 0) is 23.5 Å².